The zero-order valence-electron chi connectivity index (χ0n) is 16.3. The number of aryl methyl sites for hydroxylation is 1. The Balaban J connectivity index is 1.47. The zero-order chi connectivity index (χ0) is 21.1. The number of amides is 2. The number of fused-ring (bicyclic) bond motifs is 2. The molecule has 1 aliphatic rings. The molecule has 0 atom stereocenters. The number of halogens is 1. The van der Waals surface area contributed by atoms with Gasteiger partial charge in [-0.3, -0.25) is 19.0 Å². The molecule has 0 aliphatic carbocycles. The molecule has 0 bridgehead atoms. The van der Waals surface area contributed by atoms with Gasteiger partial charge < -0.3 is 10.6 Å². The first-order valence-corrected chi connectivity index (χ1v) is 10.3. The van der Waals surface area contributed by atoms with Gasteiger partial charge in [-0.25, -0.2) is 4.98 Å². The standard InChI is InChI=1S/C22H21ClN4O3/c23-14-5-7-15(8-6-14)24-20(28)13-21(29)25-16-9-10-18-17(12-16)22(30)27-11-3-1-2-4-19(27)26-18/h5-10,12H,1-4,11,13H2,(H,24,28)(H,25,29). The summed E-state index contributed by atoms with van der Waals surface area (Å²) in [6.07, 6.45) is 3.52. The van der Waals surface area contributed by atoms with Crippen LogP contribution in [0.4, 0.5) is 11.4 Å². The Bertz CT molecular complexity index is 1170. The van der Waals surface area contributed by atoms with Crippen LogP contribution in [-0.4, -0.2) is 21.4 Å². The van der Waals surface area contributed by atoms with Gasteiger partial charge in [0, 0.05) is 29.4 Å². The zero-order valence-corrected chi connectivity index (χ0v) is 17.0. The van der Waals surface area contributed by atoms with Gasteiger partial charge in [0.2, 0.25) is 11.8 Å². The highest BCUT2D eigenvalue weighted by Gasteiger charge is 2.15. The highest BCUT2D eigenvalue weighted by atomic mass is 35.5. The van der Waals surface area contributed by atoms with Gasteiger partial charge in [0.15, 0.2) is 0 Å². The molecule has 0 unspecified atom stereocenters. The van der Waals surface area contributed by atoms with Crippen LogP contribution in [0.15, 0.2) is 47.3 Å². The molecule has 2 amide bonds. The van der Waals surface area contributed by atoms with Crippen LogP contribution in [0.1, 0.15) is 31.5 Å². The highest BCUT2D eigenvalue weighted by Crippen LogP contribution is 2.19. The average Bonchev–Trinajstić information content (AvgIpc) is 2.96. The lowest BCUT2D eigenvalue weighted by molar-refractivity contribution is -0.123. The number of nitrogens with zero attached hydrogens (tertiary/aromatic N) is 2. The Morgan fingerprint density at radius 2 is 1.67 bits per heavy atom. The van der Waals surface area contributed by atoms with E-state index in [1.807, 2.05) is 0 Å². The highest BCUT2D eigenvalue weighted by molar-refractivity contribution is 6.30. The van der Waals surface area contributed by atoms with Gasteiger partial charge >= 0.3 is 0 Å². The van der Waals surface area contributed by atoms with Crippen LogP contribution in [0.3, 0.4) is 0 Å². The minimum absolute atomic E-state index is 0.0894. The molecule has 3 aromatic rings. The number of carbonyl (C=O) groups excluding carboxylic acids is 2. The summed E-state index contributed by atoms with van der Waals surface area (Å²) >= 11 is 5.82. The second-order valence-corrected chi connectivity index (χ2v) is 7.74. The molecule has 0 saturated carbocycles. The number of anilines is 2. The summed E-state index contributed by atoms with van der Waals surface area (Å²) in [5, 5.41) is 6.35. The lowest BCUT2D eigenvalue weighted by atomic mass is 10.2. The predicted octanol–water partition coefficient (Wildman–Crippen LogP) is 3.74. The maximum atomic E-state index is 12.9. The summed E-state index contributed by atoms with van der Waals surface area (Å²) in [5.41, 5.74) is 1.54. The molecular weight excluding hydrogens is 404 g/mol. The molecule has 0 spiro atoms. The largest absolute Gasteiger partial charge is 0.326 e. The molecule has 1 aromatic heterocycles. The van der Waals surface area contributed by atoms with E-state index in [1.54, 1.807) is 47.0 Å². The number of aromatic nitrogens is 2. The van der Waals surface area contributed by atoms with E-state index in [4.69, 9.17) is 11.6 Å². The fourth-order valence-corrected chi connectivity index (χ4v) is 3.71. The molecule has 2 heterocycles. The molecule has 2 aromatic carbocycles. The Labute approximate surface area is 178 Å². The van der Waals surface area contributed by atoms with Crippen LogP contribution in [0.5, 0.6) is 0 Å². The Morgan fingerprint density at radius 1 is 0.967 bits per heavy atom. The van der Waals surface area contributed by atoms with Crippen molar-refractivity contribution in [3.8, 4) is 0 Å². The van der Waals surface area contributed by atoms with E-state index in [1.165, 1.54) is 0 Å². The van der Waals surface area contributed by atoms with Gasteiger partial charge in [-0.05, 0) is 55.3 Å². The normalized spacial score (nSPS) is 13.4. The number of benzene rings is 2. The van der Waals surface area contributed by atoms with Crippen LogP contribution in [0, 0.1) is 0 Å². The van der Waals surface area contributed by atoms with E-state index in [0.717, 1.165) is 31.5 Å². The lowest BCUT2D eigenvalue weighted by Gasteiger charge is -2.11. The first kappa shape index (κ1) is 20.1. The predicted molar refractivity (Wildman–Crippen MR) is 117 cm³/mol. The Morgan fingerprint density at radius 3 is 2.43 bits per heavy atom. The van der Waals surface area contributed by atoms with E-state index in [-0.39, 0.29) is 12.0 Å². The van der Waals surface area contributed by atoms with Gasteiger partial charge in [-0.15, -0.1) is 0 Å². The molecule has 154 valence electrons. The molecular formula is C22H21ClN4O3. The fraction of sp³-hybridized carbons (Fsp3) is 0.273. The van der Waals surface area contributed by atoms with Crippen molar-refractivity contribution in [1.82, 2.24) is 9.55 Å². The van der Waals surface area contributed by atoms with E-state index in [2.05, 4.69) is 15.6 Å². The monoisotopic (exact) mass is 424 g/mol. The third-order valence-electron chi connectivity index (χ3n) is 5.05. The van der Waals surface area contributed by atoms with Crippen molar-refractivity contribution in [1.29, 1.82) is 0 Å². The number of carbonyl (C=O) groups is 2. The summed E-state index contributed by atoms with van der Waals surface area (Å²) < 4.78 is 1.74. The van der Waals surface area contributed by atoms with Crippen molar-refractivity contribution in [3.05, 3.63) is 63.7 Å². The molecule has 4 rings (SSSR count). The number of hydrogen-bond donors (Lipinski definition) is 2. The number of hydrogen-bond acceptors (Lipinski definition) is 4. The smallest absolute Gasteiger partial charge is 0.261 e. The molecule has 0 radical (unpaired) electrons. The Hall–Kier alpha value is -3.19. The Kier molecular flexibility index (Phi) is 5.81. The maximum Gasteiger partial charge on any atom is 0.261 e. The van der Waals surface area contributed by atoms with Crippen molar-refractivity contribution >= 4 is 45.7 Å². The van der Waals surface area contributed by atoms with Crippen molar-refractivity contribution < 1.29 is 9.59 Å². The van der Waals surface area contributed by atoms with Crippen LogP contribution >= 0.6 is 11.6 Å². The fourth-order valence-electron chi connectivity index (χ4n) is 3.59. The third kappa shape index (κ3) is 4.52. The topological polar surface area (TPSA) is 93.1 Å². The SMILES string of the molecule is O=C(CC(=O)Nc1ccc2nc3n(c(=O)c2c1)CCCCC3)Nc1ccc(Cl)cc1. The number of nitrogens with one attached hydrogen (secondary N) is 2. The van der Waals surface area contributed by atoms with E-state index < -0.39 is 11.8 Å². The third-order valence-corrected chi connectivity index (χ3v) is 5.30. The summed E-state index contributed by atoms with van der Waals surface area (Å²) in [7, 11) is 0. The van der Waals surface area contributed by atoms with Crippen molar-refractivity contribution in [2.45, 2.75) is 38.6 Å². The maximum absolute atomic E-state index is 12.9. The molecule has 30 heavy (non-hydrogen) atoms. The minimum Gasteiger partial charge on any atom is -0.326 e. The van der Waals surface area contributed by atoms with Gasteiger partial charge in [0.25, 0.3) is 5.56 Å². The molecule has 7 nitrogen and oxygen atoms in total. The second-order valence-electron chi connectivity index (χ2n) is 7.31. The van der Waals surface area contributed by atoms with Crippen molar-refractivity contribution in [2.75, 3.05) is 10.6 Å². The van der Waals surface area contributed by atoms with E-state index in [9.17, 15) is 14.4 Å². The van der Waals surface area contributed by atoms with Gasteiger partial charge in [0.05, 0.1) is 10.9 Å². The molecule has 8 heteroatoms. The van der Waals surface area contributed by atoms with Gasteiger partial charge in [-0.1, -0.05) is 18.0 Å². The first-order chi connectivity index (χ1) is 14.5. The van der Waals surface area contributed by atoms with E-state index >= 15 is 0 Å². The van der Waals surface area contributed by atoms with Crippen molar-refractivity contribution in [2.24, 2.45) is 0 Å². The summed E-state index contributed by atoms with van der Waals surface area (Å²) in [6, 6.07) is 11.7. The van der Waals surface area contributed by atoms with Crippen LogP contribution < -0.4 is 16.2 Å². The minimum atomic E-state index is -0.469. The van der Waals surface area contributed by atoms with Crippen LogP contribution in [0.2, 0.25) is 5.02 Å². The first-order valence-electron chi connectivity index (χ1n) is 9.88. The average molecular weight is 425 g/mol. The van der Waals surface area contributed by atoms with Gasteiger partial charge in [-0.2, -0.15) is 0 Å². The second kappa shape index (κ2) is 8.67. The van der Waals surface area contributed by atoms with Gasteiger partial charge in [0.1, 0.15) is 12.2 Å². The summed E-state index contributed by atoms with van der Waals surface area (Å²) in [4.78, 5) is 41.9. The summed E-state index contributed by atoms with van der Waals surface area (Å²) in [6.45, 7) is 0.665. The van der Waals surface area contributed by atoms with E-state index in [0.29, 0.717) is 33.8 Å². The molecule has 1 aliphatic heterocycles. The summed E-state index contributed by atoms with van der Waals surface area (Å²) in [5.74, 6) is -0.0908. The quantitative estimate of drug-likeness (QED) is 0.624. The van der Waals surface area contributed by atoms with Crippen molar-refractivity contribution in [3.63, 3.8) is 0 Å². The molecule has 0 fully saturated rings. The van der Waals surface area contributed by atoms with Crippen LogP contribution in [-0.2, 0) is 22.6 Å². The number of rotatable bonds is 4. The molecule has 2 N–H and O–H groups in total. The lowest BCUT2D eigenvalue weighted by Crippen LogP contribution is -2.25. The molecule has 0 saturated heterocycles. The van der Waals surface area contributed by atoms with Crippen LogP contribution in [0.25, 0.3) is 10.9 Å².